The van der Waals surface area contributed by atoms with Gasteiger partial charge < -0.3 is 9.84 Å². The molecule has 0 radical (unpaired) electrons. The van der Waals surface area contributed by atoms with E-state index in [0.717, 1.165) is 11.3 Å². The molecule has 18 heavy (non-hydrogen) atoms. The van der Waals surface area contributed by atoms with E-state index >= 15 is 0 Å². The second-order valence-corrected chi connectivity index (χ2v) is 4.46. The molecule has 0 heterocycles. The lowest BCUT2D eigenvalue weighted by atomic mass is 10.1. The molecule has 0 aromatic heterocycles. The maximum absolute atomic E-state index is 9.42. The van der Waals surface area contributed by atoms with E-state index in [4.69, 9.17) is 4.74 Å². The summed E-state index contributed by atoms with van der Waals surface area (Å²) in [5.41, 5.74) is 3.33. The van der Waals surface area contributed by atoms with E-state index in [1.165, 1.54) is 11.1 Å². The van der Waals surface area contributed by atoms with Gasteiger partial charge in [-0.15, -0.1) is 0 Å². The summed E-state index contributed by atoms with van der Waals surface area (Å²) in [4.78, 5) is 0. The van der Waals surface area contributed by atoms with Crippen LogP contribution in [0, 0.1) is 6.92 Å². The second-order valence-electron chi connectivity index (χ2n) is 4.46. The molecule has 0 aliphatic carbocycles. The van der Waals surface area contributed by atoms with Crippen LogP contribution in [-0.4, -0.2) is 5.11 Å². The van der Waals surface area contributed by atoms with Gasteiger partial charge in [-0.1, -0.05) is 36.4 Å². The predicted molar refractivity (Wildman–Crippen MR) is 72.6 cm³/mol. The first kappa shape index (κ1) is 12.7. The third kappa shape index (κ3) is 3.11. The summed E-state index contributed by atoms with van der Waals surface area (Å²) in [5, 5.41) is 9.42. The Morgan fingerprint density at radius 1 is 1.06 bits per heavy atom. The lowest BCUT2D eigenvalue weighted by Crippen LogP contribution is -1.98. The normalized spacial score (nSPS) is 12.2. The number of rotatable bonds is 4. The van der Waals surface area contributed by atoms with Crippen LogP contribution in [0.2, 0.25) is 0 Å². The van der Waals surface area contributed by atoms with Gasteiger partial charge >= 0.3 is 0 Å². The molecule has 0 saturated carbocycles. The van der Waals surface area contributed by atoms with Crippen LogP contribution >= 0.6 is 0 Å². The smallest absolute Gasteiger partial charge is 0.119 e. The zero-order chi connectivity index (χ0) is 13.0. The van der Waals surface area contributed by atoms with Gasteiger partial charge in [0, 0.05) is 0 Å². The van der Waals surface area contributed by atoms with E-state index in [0.29, 0.717) is 6.61 Å². The Bertz CT molecular complexity index is 501. The number of aryl methyl sites for hydroxylation is 1. The van der Waals surface area contributed by atoms with E-state index in [1.807, 2.05) is 36.4 Å². The van der Waals surface area contributed by atoms with Crippen LogP contribution in [-0.2, 0) is 6.61 Å². The SMILES string of the molecule is Cc1ccccc1COc1ccc([C@H](C)O)cc1. The molecule has 0 aliphatic heterocycles. The first-order valence-electron chi connectivity index (χ1n) is 6.12. The van der Waals surface area contributed by atoms with E-state index in [-0.39, 0.29) is 0 Å². The van der Waals surface area contributed by atoms with Crippen LogP contribution in [0.15, 0.2) is 48.5 Å². The Kier molecular flexibility index (Phi) is 4.00. The summed E-state index contributed by atoms with van der Waals surface area (Å²) in [5.74, 6) is 0.822. The van der Waals surface area contributed by atoms with Gasteiger partial charge in [0.25, 0.3) is 0 Å². The third-order valence-corrected chi connectivity index (χ3v) is 3.02. The minimum absolute atomic E-state index is 0.435. The number of aliphatic hydroxyl groups is 1. The summed E-state index contributed by atoms with van der Waals surface area (Å²) in [6.07, 6.45) is -0.435. The predicted octanol–water partition coefficient (Wildman–Crippen LogP) is 3.63. The van der Waals surface area contributed by atoms with Crippen molar-refractivity contribution in [3.8, 4) is 5.75 Å². The lowest BCUT2D eigenvalue weighted by molar-refractivity contribution is 0.199. The van der Waals surface area contributed by atoms with Gasteiger partial charge in [-0.2, -0.15) is 0 Å². The van der Waals surface area contributed by atoms with Crippen molar-refractivity contribution in [3.63, 3.8) is 0 Å². The molecule has 2 aromatic rings. The lowest BCUT2D eigenvalue weighted by Gasteiger charge is -2.10. The van der Waals surface area contributed by atoms with Gasteiger partial charge in [0.05, 0.1) is 6.10 Å². The van der Waals surface area contributed by atoms with Crippen molar-refractivity contribution in [1.29, 1.82) is 0 Å². The summed E-state index contributed by atoms with van der Waals surface area (Å²) < 4.78 is 5.73. The largest absolute Gasteiger partial charge is 0.489 e. The molecule has 0 aliphatic rings. The Labute approximate surface area is 108 Å². The number of benzene rings is 2. The van der Waals surface area contributed by atoms with Crippen LogP contribution < -0.4 is 4.74 Å². The van der Waals surface area contributed by atoms with E-state index < -0.39 is 6.10 Å². The summed E-state index contributed by atoms with van der Waals surface area (Å²) in [6, 6.07) is 15.7. The quantitative estimate of drug-likeness (QED) is 0.887. The fourth-order valence-electron chi connectivity index (χ4n) is 1.78. The summed E-state index contributed by atoms with van der Waals surface area (Å²) in [7, 11) is 0. The first-order chi connectivity index (χ1) is 8.66. The van der Waals surface area contributed by atoms with E-state index in [9.17, 15) is 5.11 Å². The fourth-order valence-corrected chi connectivity index (χ4v) is 1.78. The van der Waals surface area contributed by atoms with Crippen molar-refractivity contribution >= 4 is 0 Å². The Balaban J connectivity index is 2.00. The molecule has 0 bridgehead atoms. The molecule has 2 rings (SSSR count). The summed E-state index contributed by atoms with van der Waals surface area (Å²) in [6.45, 7) is 4.40. The van der Waals surface area contributed by atoms with Gasteiger partial charge in [0.1, 0.15) is 12.4 Å². The molecule has 0 saturated heterocycles. The molecule has 0 fully saturated rings. The van der Waals surface area contributed by atoms with Crippen molar-refractivity contribution in [3.05, 3.63) is 65.2 Å². The van der Waals surface area contributed by atoms with Gasteiger partial charge in [-0.3, -0.25) is 0 Å². The van der Waals surface area contributed by atoms with Crippen LogP contribution in [0.3, 0.4) is 0 Å². The fraction of sp³-hybridized carbons (Fsp3) is 0.250. The molecular weight excluding hydrogens is 224 g/mol. The Morgan fingerprint density at radius 3 is 2.33 bits per heavy atom. The van der Waals surface area contributed by atoms with Crippen molar-refractivity contribution in [1.82, 2.24) is 0 Å². The number of aliphatic hydroxyl groups excluding tert-OH is 1. The van der Waals surface area contributed by atoms with Crippen LogP contribution in [0.1, 0.15) is 29.7 Å². The van der Waals surface area contributed by atoms with Gasteiger partial charge in [-0.25, -0.2) is 0 Å². The molecule has 0 amide bonds. The number of hydrogen-bond acceptors (Lipinski definition) is 2. The zero-order valence-electron chi connectivity index (χ0n) is 10.8. The monoisotopic (exact) mass is 242 g/mol. The van der Waals surface area contributed by atoms with Crippen molar-refractivity contribution in [2.75, 3.05) is 0 Å². The maximum Gasteiger partial charge on any atom is 0.119 e. The molecule has 0 spiro atoms. The zero-order valence-corrected chi connectivity index (χ0v) is 10.8. The topological polar surface area (TPSA) is 29.5 Å². The Hall–Kier alpha value is -1.80. The van der Waals surface area contributed by atoms with Crippen LogP contribution in [0.25, 0.3) is 0 Å². The average molecular weight is 242 g/mol. The van der Waals surface area contributed by atoms with Gasteiger partial charge in [0.15, 0.2) is 0 Å². The highest BCUT2D eigenvalue weighted by Gasteiger charge is 2.02. The van der Waals surface area contributed by atoms with E-state index in [2.05, 4.69) is 19.1 Å². The standard InChI is InChI=1S/C16H18O2/c1-12-5-3-4-6-15(12)11-18-16-9-7-14(8-10-16)13(2)17/h3-10,13,17H,11H2,1-2H3/t13-/m0/s1. The molecule has 0 unspecified atom stereocenters. The van der Waals surface area contributed by atoms with Gasteiger partial charge in [-0.05, 0) is 42.7 Å². The highest BCUT2D eigenvalue weighted by atomic mass is 16.5. The highest BCUT2D eigenvalue weighted by molar-refractivity contribution is 5.30. The molecule has 1 atom stereocenters. The minimum atomic E-state index is -0.435. The average Bonchev–Trinajstić information content (AvgIpc) is 2.38. The van der Waals surface area contributed by atoms with Crippen molar-refractivity contribution in [2.45, 2.75) is 26.6 Å². The number of ether oxygens (including phenoxy) is 1. The highest BCUT2D eigenvalue weighted by Crippen LogP contribution is 2.18. The minimum Gasteiger partial charge on any atom is -0.489 e. The maximum atomic E-state index is 9.42. The van der Waals surface area contributed by atoms with E-state index in [1.54, 1.807) is 6.92 Å². The molecule has 94 valence electrons. The summed E-state index contributed by atoms with van der Waals surface area (Å²) >= 11 is 0. The Morgan fingerprint density at radius 2 is 1.72 bits per heavy atom. The second kappa shape index (κ2) is 5.69. The van der Waals surface area contributed by atoms with Crippen LogP contribution in [0.4, 0.5) is 0 Å². The van der Waals surface area contributed by atoms with Crippen LogP contribution in [0.5, 0.6) is 5.75 Å². The molecule has 2 heteroatoms. The molecular formula is C16H18O2. The van der Waals surface area contributed by atoms with Gasteiger partial charge in [0.2, 0.25) is 0 Å². The number of hydrogen-bond donors (Lipinski definition) is 1. The third-order valence-electron chi connectivity index (χ3n) is 3.02. The van der Waals surface area contributed by atoms with Crippen molar-refractivity contribution in [2.24, 2.45) is 0 Å². The first-order valence-corrected chi connectivity index (χ1v) is 6.12. The molecule has 2 nitrogen and oxygen atoms in total. The molecule has 1 N–H and O–H groups in total. The van der Waals surface area contributed by atoms with Crippen molar-refractivity contribution < 1.29 is 9.84 Å². The molecule has 2 aromatic carbocycles.